The number of halogens is 2. The molecule has 0 aliphatic carbocycles. The summed E-state index contributed by atoms with van der Waals surface area (Å²) in [5, 5.41) is 9.30. The number of fused-ring (bicyclic) bond motifs is 1. The SMILES string of the molecule is Cn1ccc2ccc(C(F)(F)CC(=O)O)cc21. The Morgan fingerprint density at radius 2 is 2.12 bits per heavy atom. The standard InChI is InChI=1S/C12H11F2NO2/c1-15-5-4-8-2-3-9(6-10(8)15)12(13,14)7-11(16)17/h2-6H,7H2,1H3,(H,16,17). The molecule has 0 aliphatic rings. The number of hydrogen-bond acceptors (Lipinski definition) is 1. The summed E-state index contributed by atoms with van der Waals surface area (Å²) in [6, 6.07) is 5.98. The van der Waals surface area contributed by atoms with Crippen LogP contribution >= 0.6 is 0 Å². The molecule has 90 valence electrons. The molecule has 0 atom stereocenters. The summed E-state index contributed by atoms with van der Waals surface area (Å²) < 4.78 is 28.9. The van der Waals surface area contributed by atoms with Gasteiger partial charge in [-0.15, -0.1) is 0 Å². The Labute approximate surface area is 96.3 Å². The lowest BCUT2D eigenvalue weighted by molar-refractivity contribution is -0.145. The highest BCUT2D eigenvalue weighted by Gasteiger charge is 2.34. The van der Waals surface area contributed by atoms with E-state index in [0.717, 1.165) is 5.39 Å². The number of aliphatic carboxylic acids is 1. The monoisotopic (exact) mass is 239 g/mol. The van der Waals surface area contributed by atoms with Crippen LogP contribution in [-0.2, 0) is 17.8 Å². The van der Waals surface area contributed by atoms with Crippen LogP contribution in [0, 0.1) is 0 Å². The predicted molar refractivity (Wildman–Crippen MR) is 59.1 cm³/mol. The highest BCUT2D eigenvalue weighted by atomic mass is 19.3. The highest BCUT2D eigenvalue weighted by Crippen LogP contribution is 2.33. The molecule has 0 amide bonds. The lowest BCUT2D eigenvalue weighted by Gasteiger charge is -2.14. The highest BCUT2D eigenvalue weighted by molar-refractivity contribution is 5.81. The second-order valence-electron chi connectivity index (χ2n) is 3.98. The van der Waals surface area contributed by atoms with Crippen LogP contribution < -0.4 is 0 Å². The van der Waals surface area contributed by atoms with Crippen molar-refractivity contribution >= 4 is 16.9 Å². The molecule has 0 radical (unpaired) electrons. The largest absolute Gasteiger partial charge is 0.481 e. The van der Waals surface area contributed by atoms with Crippen LogP contribution in [0.4, 0.5) is 8.78 Å². The van der Waals surface area contributed by atoms with Gasteiger partial charge in [-0.2, -0.15) is 0 Å². The summed E-state index contributed by atoms with van der Waals surface area (Å²) in [7, 11) is 1.75. The Morgan fingerprint density at radius 1 is 1.41 bits per heavy atom. The normalized spacial score (nSPS) is 11.9. The van der Waals surface area contributed by atoms with E-state index in [4.69, 9.17) is 5.11 Å². The van der Waals surface area contributed by atoms with E-state index in [1.54, 1.807) is 23.9 Å². The minimum absolute atomic E-state index is 0.269. The zero-order chi connectivity index (χ0) is 12.6. The van der Waals surface area contributed by atoms with E-state index in [9.17, 15) is 13.6 Å². The van der Waals surface area contributed by atoms with Gasteiger partial charge in [-0.05, 0) is 17.5 Å². The van der Waals surface area contributed by atoms with Gasteiger partial charge in [0.15, 0.2) is 0 Å². The first-order valence-electron chi connectivity index (χ1n) is 5.05. The number of benzene rings is 1. The summed E-state index contributed by atoms with van der Waals surface area (Å²) >= 11 is 0. The molecule has 2 aromatic rings. The van der Waals surface area contributed by atoms with Crippen molar-refractivity contribution in [2.75, 3.05) is 0 Å². The zero-order valence-corrected chi connectivity index (χ0v) is 9.15. The van der Waals surface area contributed by atoms with Crippen molar-refractivity contribution in [3.05, 3.63) is 36.0 Å². The van der Waals surface area contributed by atoms with Crippen molar-refractivity contribution in [2.45, 2.75) is 12.3 Å². The summed E-state index contributed by atoms with van der Waals surface area (Å²) in [5.74, 6) is -4.86. The smallest absolute Gasteiger partial charge is 0.309 e. The van der Waals surface area contributed by atoms with Crippen LogP contribution in [0.25, 0.3) is 10.9 Å². The summed E-state index contributed by atoms with van der Waals surface area (Å²) in [6.45, 7) is 0. The second kappa shape index (κ2) is 3.84. The van der Waals surface area contributed by atoms with Gasteiger partial charge >= 0.3 is 5.97 Å². The molecule has 2 rings (SSSR count). The minimum atomic E-state index is -3.34. The number of carbonyl (C=O) groups is 1. The predicted octanol–water partition coefficient (Wildman–Crippen LogP) is 2.74. The van der Waals surface area contributed by atoms with Crippen LogP contribution in [-0.4, -0.2) is 15.6 Å². The lowest BCUT2D eigenvalue weighted by atomic mass is 10.0. The van der Waals surface area contributed by atoms with Crippen LogP contribution in [0.15, 0.2) is 30.5 Å². The van der Waals surface area contributed by atoms with Crippen molar-refractivity contribution in [1.82, 2.24) is 4.57 Å². The van der Waals surface area contributed by atoms with E-state index in [0.29, 0.717) is 5.52 Å². The van der Waals surface area contributed by atoms with Gasteiger partial charge in [-0.3, -0.25) is 4.79 Å². The van der Waals surface area contributed by atoms with E-state index < -0.39 is 18.3 Å². The third-order valence-electron chi connectivity index (χ3n) is 2.68. The minimum Gasteiger partial charge on any atom is -0.481 e. The van der Waals surface area contributed by atoms with Gasteiger partial charge in [0.1, 0.15) is 6.42 Å². The third-order valence-corrected chi connectivity index (χ3v) is 2.68. The Morgan fingerprint density at radius 3 is 2.76 bits per heavy atom. The molecule has 0 fully saturated rings. The fourth-order valence-electron chi connectivity index (χ4n) is 1.78. The Bertz CT molecular complexity index is 575. The molecule has 0 aliphatic heterocycles. The van der Waals surface area contributed by atoms with Crippen LogP contribution in [0.3, 0.4) is 0 Å². The van der Waals surface area contributed by atoms with Gasteiger partial charge in [0, 0.05) is 24.3 Å². The van der Waals surface area contributed by atoms with Crippen LogP contribution in [0.2, 0.25) is 0 Å². The molecule has 5 heteroatoms. The van der Waals surface area contributed by atoms with Gasteiger partial charge in [-0.1, -0.05) is 12.1 Å². The zero-order valence-electron chi connectivity index (χ0n) is 9.15. The number of carboxylic acid groups (broad SMARTS) is 1. The Kier molecular flexibility index (Phi) is 2.61. The summed E-state index contributed by atoms with van der Waals surface area (Å²) in [5.41, 5.74) is 0.391. The number of aromatic nitrogens is 1. The first-order chi connectivity index (χ1) is 7.90. The third kappa shape index (κ3) is 2.13. The number of aryl methyl sites for hydroxylation is 1. The van der Waals surface area contributed by atoms with Gasteiger partial charge in [0.25, 0.3) is 5.92 Å². The molecule has 17 heavy (non-hydrogen) atoms. The lowest BCUT2D eigenvalue weighted by Crippen LogP contribution is -2.18. The molecular formula is C12H11F2NO2. The topological polar surface area (TPSA) is 42.2 Å². The number of alkyl halides is 2. The number of nitrogens with zero attached hydrogens (tertiary/aromatic N) is 1. The van der Waals surface area contributed by atoms with Gasteiger partial charge < -0.3 is 9.67 Å². The second-order valence-corrected chi connectivity index (χ2v) is 3.98. The van der Waals surface area contributed by atoms with Crippen molar-refractivity contribution in [3.8, 4) is 0 Å². The fourth-order valence-corrected chi connectivity index (χ4v) is 1.78. The molecule has 0 bridgehead atoms. The molecule has 0 unspecified atom stereocenters. The van der Waals surface area contributed by atoms with E-state index in [-0.39, 0.29) is 5.56 Å². The van der Waals surface area contributed by atoms with Gasteiger partial charge in [0.2, 0.25) is 0 Å². The van der Waals surface area contributed by atoms with Crippen molar-refractivity contribution in [3.63, 3.8) is 0 Å². The maximum absolute atomic E-state index is 13.6. The molecule has 0 saturated carbocycles. The van der Waals surface area contributed by atoms with Crippen molar-refractivity contribution < 1.29 is 18.7 Å². The number of rotatable bonds is 3. The molecule has 1 heterocycles. The molecule has 0 spiro atoms. The van der Waals surface area contributed by atoms with E-state index in [2.05, 4.69) is 0 Å². The maximum atomic E-state index is 13.6. The fraction of sp³-hybridized carbons (Fsp3) is 0.250. The van der Waals surface area contributed by atoms with Crippen molar-refractivity contribution in [1.29, 1.82) is 0 Å². The molecule has 0 saturated heterocycles. The molecular weight excluding hydrogens is 228 g/mol. The Hall–Kier alpha value is -1.91. The molecule has 3 nitrogen and oxygen atoms in total. The Balaban J connectivity index is 2.48. The van der Waals surface area contributed by atoms with E-state index in [1.807, 2.05) is 6.07 Å². The average Bonchev–Trinajstić information content (AvgIpc) is 2.58. The molecule has 1 aromatic heterocycles. The first-order valence-corrected chi connectivity index (χ1v) is 5.05. The van der Waals surface area contributed by atoms with E-state index >= 15 is 0 Å². The maximum Gasteiger partial charge on any atom is 0.309 e. The van der Waals surface area contributed by atoms with Gasteiger partial charge in [0.05, 0.1) is 0 Å². The first kappa shape index (κ1) is 11.6. The summed E-state index contributed by atoms with van der Waals surface area (Å²) in [4.78, 5) is 10.4. The number of hydrogen-bond donors (Lipinski definition) is 1. The van der Waals surface area contributed by atoms with Crippen molar-refractivity contribution in [2.24, 2.45) is 7.05 Å². The van der Waals surface area contributed by atoms with Crippen LogP contribution in [0.5, 0.6) is 0 Å². The quantitative estimate of drug-likeness (QED) is 0.894. The molecule has 1 aromatic carbocycles. The average molecular weight is 239 g/mol. The van der Waals surface area contributed by atoms with Crippen LogP contribution in [0.1, 0.15) is 12.0 Å². The summed E-state index contributed by atoms with van der Waals surface area (Å²) in [6.07, 6.45) is 0.576. The number of carboxylic acids is 1. The van der Waals surface area contributed by atoms with E-state index in [1.165, 1.54) is 12.1 Å². The van der Waals surface area contributed by atoms with Gasteiger partial charge in [-0.25, -0.2) is 8.78 Å². The molecule has 1 N–H and O–H groups in total.